The van der Waals surface area contributed by atoms with Crippen LogP contribution in [0.5, 0.6) is 5.75 Å². The molecule has 0 aromatic heterocycles. The minimum absolute atomic E-state index is 0.117. The van der Waals surface area contributed by atoms with Crippen LogP contribution in [-0.4, -0.2) is 6.10 Å². The van der Waals surface area contributed by atoms with Crippen molar-refractivity contribution in [3.63, 3.8) is 0 Å². The minimum Gasteiger partial charge on any atom is -0.474 e. The molecule has 0 radical (unpaired) electrons. The van der Waals surface area contributed by atoms with E-state index in [4.69, 9.17) is 15.3 Å². The monoisotopic (exact) mass is 204 g/mol. The van der Waals surface area contributed by atoms with Gasteiger partial charge in [-0.05, 0) is 18.6 Å². The van der Waals surface area contributed by atoms with Crippen LogP contribution < -0.4 is 4.74 Å². The summed E-state index contributed by atoms with van der Waals surface area (Å²) in [7, 11) is 0. The fourth-order valence-corrected chi connectivity index (χ4v) is 1.07. The highest BCUT2D eigenvalue weighted by Crippen LogP contribution is 2.21. The van der Waals surface area contributed by atoms with E-state index in [0.717, 1.165) is 0 Å². The van der Waals surface area contributed by atoms with Gasteiger partial charge in [-0.2, -0.15) is 10.5 Å². The number of halogens is 1. The zero-order chi connectivity index (χ0) is 11.3. The highest BCUT2D eigenvalue weighted by Gasteiger charge is 2.12. The quantitative estimate of drug-likeness (QED) is 0.759. The van der Waals surface area contributed by atoms with Gasteiger partial charge >= 0.3 is 0 Å². The molecule has 1 atom stereocenters. The molecule has 0 heterocycles. The van der Waals surface area contributed by atoms with E-state index in [2.05, 4.69) is 0 Å². The lowest BCUT2D eigenvalue weighted by atomic mass is 10.2. The average Bonchev–Trinajstić information content (AvgIpc) is 2.26. The van der Waals surface area contributed by atoms with Crippen molar-refractivity contribution < 1.29 is 9.13 Å². The molecule has 0 bridgehead atoms. The summed E-state index contributed by atoms with van der Waals surface area (Å²) in [5.41, 5.74) is -0.161. The van der Waals surface area contributed by atoms with Gasteiger partial charge in [-0.15, -0.1) is 0 Å². The first-order chi connectivity index (χ1) is 7.22. The van der Waals surface area contributed by atoms with E-state index in [9.17, 15) is 4.39 Å². The Bertz CT molecular complexity index is 431. The number of hydrogen-bond donors (Lipinski definition) is 0. The summed E-state index contributed by atoms with van der Waals surface area (Å²) in [5, 5.41) is 17.4. The Balaban J connectivity index is 3.01. The molecule has 4 heteroatoms. The number of benzene rings is 1. The molecule has 0 amide bonds. The molecule has 0 saturated carbocycles. The zero-order valence-electron chi connectivity index (χ0n) is 8.20. The second-order valence-electron chi connectivity index (χ2n) is 2.87. The van der Waals surface area contributed by atoms with Crippen molar-refractivity contribution in [1.82, 2.24) is 0 Å². The SMILES string of the molecule is CCC(C#N)Oc1cccc(F)c1C#N. The van der Waals surface area contributed by atoms with Gasteiger partial charge in [-0.1, -0.05) is 13.0 Å². The van der Waals surface area contributed by atoms with Gasteiger partial charge in [-0.25, -0.2) is 4.39 Å². The van der Waals surface area contributed by atoms with Crippen molar-refractivity contribution in [2.24, 2.45) is 0 Å². The lowest BCUT2D eigenvalue weighted by molar-refractivity contribution is 0.250. The first kappa shape index (κ1) is 11.0. The van der Waals surface area contributed by atoms with E-state index in [1.54, 1.807) is 13.0 Å². The Hall–Kier alpha value is -2.07. The summed E-state index contributed by atoms with van der Waals surface area (Å²) >= 11 is 0. The maximum Gasteiger partial charge on any atom is 0.184 e. The largest absolute Gasteiger partial charge is 0.474 e. The van der Waals surface area contributed by atoms with Gasteiger partial charge in [0.1, 0.15) is 29.3 Å². The van der Waals surface area contributed by atoms with Gasteiger partial charge < -0.3 is 4.74 Å². The van der Waals surface area contributed by atoms with Crippen molar-refractivity contribution in [3.05, 3.63) is 29.6 Å². The molecule has 0 aliphatic heterocycles. The van der Waals surface area contributed by atoms with Crippen LogP contribution in [0, 0.1) is 28.5 Å². The van der Waals surface area contributed by atoms with Gasteiger partial charge in [-0.3, -0.25) is 0 Å². The van der Waals surface area contributed by atoms with Crippen molar-refractivity contribution in [2.75, 3.05) is 0 Å². The molecule has 0 N–H and O–H groups in total. The molecule has 0 aliphatic rings. The molecule has 0 spiro atoms. The van der Waals surface area contributed by atoms with Crippen molar-refractivity contribution in [1.29, 1.82) is 10.5 Å². The minimum atomic E-state index is -0.654. The van der Waals surface area contributed by atoms with Crippen LogP contribution in [0.1, 0.15) is 18.9 Å². The van der Waals surface area contributed by atoms with Crippen LogP contribution in [0.4, 0.5) is 4.39 Å². The Morgan fingerprint density at radius 3 is 2.73 bits per heavy atom. The summed E-state index contributed by atoms with van der Waals surface area (Å²) in [6, 6.07) is 7.72. The lowest BCUT2D eigenvalue weighted by Gasteiger charge is -2.11. The molecule has 15 heavy (non-hydrogen) atoms. The third-order valence-corrected chi connectivity index (χ3v) is 1.87. The Kier molecular flexibility index (Phi) is 3.65. The predicted octanol–water partition coefficient (Wildman–Crippen LogP) is 2.38. The normalized spacial score (nSPS) is 11.2. The second-order valence-corrected chi connectivity index (χ2v) is 2.87. The number of nitriles is 2. The molecule has 1 rings (SSSR count). The zero-order valence-corrected chi connectivity index (χ0v) is 8.20. The summed E-state index contributed by atoms with van der Waals surface area (Å²) in [6.07, 6.45) is -0.170. The molecule has 1 aromatic carbocycles. The fourth-order valence-electron chi connectivity index (χ4n) is 1.07. The van der Waals surface area contributed by atoms with Crippen LogP contribution >= 0.6 is 0 Å². The molecule has 0 fully saturated rings. The van der Waals surface area contributed by atoms with Crippen molar-refractivity contribution >= 4 is 0 Å². The van der Waals surface area contributed by atoms with E-state index in [1.807, 2.05) is 6.07 Å². The van der Waals surface area contributed by atoms with Crippen LogP contribution in [0.3, 0.4) is 0 Å². The van der Waals surface area contributed by atoms with Crippen LogP contribution in [0.2, 0.25) is 0 Å². The van der Waals surface area contributed by atoms with Crippen LogP contribution in [-0.2, 0) is 0 Å². The van der Waals surface area contributed by atoms with E-state index >= 15 is 0 Å². The van der Waals surface area contributed by atoms with E-state index in [-0.39, 0.29) is 11.3 Å². The Morgan fingerprint density at radius 2 is 2.20 bits per heavy atom. The molecule has 0 saturated heterocycles. The standard InChI is InChI=1S/C11H9FN2O/c1-2-8(6-13)15-11-5-3-4-10(12)9(11)7-14/h3-5,8H,2H2,1H3. The lowest BCUT2D eigenvalue weighted by Crippen LogP contribution is -2.13. The van der Waals surface area contributed by atoms with Crippen LogP contribution in [0.25, 0.3) is 0 Å². The van der Waals surface area contributed by atoms with Gasteiger partial charge in [0.2, 0.25) is 0 Å². The maximum absolute atomic E-state index is 13.1. The fraction of sp³-hybridized carbons (Fsp3) is 0.273. The first-order valence-electron chi connectivity index (χ1n) is 4.47. The summed E-state index contributed by atoms with van der Waals surface area (Å²) < 4.78 is 18.3. The Labute approximate surface area is 87.3 Å². The molecule has 76 valence electrons. The first-order valence-corrected chi connectivity index (χ1v) is 4.47. The van der Waals surface area contributed by atoms with Crippen LogP contribution in [0.15, 0.2) is 18.2 Å². The topological polar surface area (TPSA) is 56.8 Å². The van der Waals surface area contributed by atoms with Crippen molar-refractivity contribution in [2.45, 2.75) is 19.4 Å². The molecular weight excluding hydrogens is 195 g/mol. The highest BCUT2D eigenvalue weighted by molar-refractivity contribution is 5.44. The molecule has 1 aromatic rings. The van der Waals surface area contributed by atoms with Gasteiger partial charge in [0.15, 0.2) is 6.10 Å². The number of rotatable bonds is 3. The smallest absolute Gasteiger partial charge is 0.184 e. The molecule has 3 nitrogen and oxygen atoms in total. The second kappa shape index (κ2) is 4.97. The maximum atomic E-state index is 13.1. The van der Waals surface area contributed by atoms with Gasteiger partial charge in [0, 0.05) is 0 Å². The van der Waals surface area contributed by atoms with E-state index in [0.29, 0.717) is 6.42 Å². The highest BCUT2D eigenvalue weighted by atomic mass is 19.1. The van der Waals surface area contributed by atoms with Gasteiger partial charge in [0.05, 0.1) is 0 Å². The summed E-state index contributed by atoms with van der Waals surface area (Å²) in [6.45, 7) is 1.78. The summed E-state index contributed by atoms with van der Waals surface area (Å²) in [4.78, 5) is 0. The Morgan fingerprint density at radius 1 is 1.47 bits per heavy atom. The molecule has 0 aliphatic carbocycles. The third-order valence-electron chi connectivity index (χ3n) is 1.87. The average molecular weight is 204 g/mol. The third kappa shape index (κ3) is 2.45. The molecule has 1 unspecified atom stereocenters. The van der Waals surface area contributed by atoms with E-state index in [1.165, 1.54) is 18.2 Å². The van der Waals surface area contributed by atoms with Gasteiger partial charge in [0.25, 0.3) is 0 Å². The predicted molar refractivity (Wildman–Crippen MR) is 51.4 cm³/mol. The number of ether oxygens (including phenoxy) is 1. The number of nitrogens with zero attached hydrogens (tertiary/aromatic N) is 2. The number of hydrogen-bond acceptors (Lipinski definition) is 3. The molecular formula is C11H9FN2O. The summed E-state index contributed by atoms with van der Waals surface area (Å²) in [5.74, 6) is -0.520. The van der Waals surface area contributed by atoms with E-state index < -0.39 is 11.9 Å². The van der Waals surface area contributed by atoms with Crippen molar-refractivity contribution in [3.8, 4) is 17.9 Å².